The lowest BCUT2D eigenvalue weighted by Crippen LogP contribution is -2.13. The summed E-state index contributed by atoms with van der Waals surface area (Å²) in [5.41, 5.74) is 1.62. The molecule has 3 aromatic rings. The zero-order chi connectivity index (χ0) is 18.5. The average molecular weight is 345 g/mol. The lowest BCUT2D eigenvalue weighted by atomic mass is 10.1. The second-order valence-electron chi connectivity index (χ2n) is 5.69. The second-order valence-corrected chi connectivity index (χ2v) is 5.69. The van der Waals surface area contributed by atoms with E-state index in [9.17, 15) is 9.59 Å². The van der Waals surface area contributed by atoms with Gasteiger partial charge in [-0.2, -0.15) is 0 Å². The molecule has 0 saturated heterocycles. The number of hydrogen-bond acceptors (Lipinski definition) is 3. The van der Waals surface area contributed by atoms with Crippen molar-refractivity contribution < 1.29 is 9.90 Å². The number of hydrogen-bond donors (Lipinski definition) is 2. The summed E-state index contributed by atoms with van der Waals surface area (Å²) in [5, 5.41) is 9.06. The number of aromatic amines is 1. The first-order valence-electron chi connectivity index (χ1n) is 7.97. The summed E-state index contributed by atoms with van der Waals surface area (Å²) in [6, 6.07) is 15.8. The summed E-state index contributed by atoms with van der Waals surface area (Å²) in [6.45, 7) is 7.25. The Labute approximate surface area is 149 Å². The Morgan fingerprint density at radius 2 is 1.88 bits per heavy atom. The molecule has 6 heteroatoms. The maximum Gasteiger partial charge on any atom is 0.335 e. The molecule has 0 saturated carbocycles. The summed E-state index contributed by atoms with van der Waals surface area (Å²) < 4.78 is 0. The van der Waals surface area contributed by atoms with Gasteiger partial charge in [-0.05, 0) is 29.7 Å². The van der Waals surface area contributed by atoms with Crippen molar-refractivity contribution in [2.75, 3.05) is 0 Å². The number of nitrogens with one attached hydrogen (secondary N) is 1. The maximum atomic E-state index is 12.2. The fourth-order valence-electron chi connectivity index (χ4n) is 2.66. The molecule has 0 atom stereocenters. The lowest BCUT2D eigenvalue weighted by Gasteiger charge is -2.07. The van der Waals surface area contributed by atoms with Crippen molar-refractivity contribution in [3.8, 4) is 11.3 Å². The highest BCUT2D eigenvalue weighted by molar-refractivity contribution is 5.87. The van der Waals surface area contributed by atoms with E-state index in [0.29, 0.717) is 29.9 Å². The number of benzene rings is 2. The third-order valence-corrected chi connectivity index (χ3v) is 3.93. The quantitative estimate of drug-likeness (QED) is 0.693. The van der Waals surface area contributed by atoms with Crippen LogP contribution in [-0.4, -0.2) is 21.0 Å². The Morgan fingerprint density at radius 1 is 1.12 bits per heavy atom. The molecule has 0 aliphatic carbocycles. The van der Waals surface area contributed by atoms with Crippen LogP contribution in [0.1, 0.15) is 21.7 Å². The Bertz CT molecular complexity index is 1050. The van der Waals surface area contributed by atoms with Gasteiger partial charge in [-0.25, -0.2) is 14.6 Å². The molecule has 0 radical (unpaired) electrons. The van der Waals surface area contributed by atoms with Gasteiger partial charge in [-0.15, -0.1) is 0 Å². The van der Waals surface area contributed by atoms with Crippen LogP contribution in [0.3, 0.4) is 0 Å². The van der Waals surface area contributed by atoms with Crippen LogP contribution in [-0.2, 0) is 12.8 Å². The number of aryl methyl sites for hydroxylation is 2. The van der Waals surface area contributed by atoms with Crippen LogP contribution in [0.15, 0.2) is 59.4 Å². The predicted molar refractivity (Wildman–Crippen MR) is 97.4 cm³/mol. The van der Waals surface area contributed by atoms with E-state index >= 15 is 0 Å². The molecule has 0 amide bonds. The summed E-state index contributed by atoms with van der Waals surface area (Å²) in [5.74, 6) is -0.520. The van der Waals surface area contributed by atoms with Gasteiger partial charge in [-0.3, -0.25) is 4.79 Å². The fourth-order valence-corrected chi connectivity index (χ4v) is 2.66. The number of carbonyl (C=O) groups is 1. The van der Waals surface area contributed by atoms with Crippen molar-refractivity contribution in [3.63, 3.8) is 0 Å². The molecule has 1 heterocycles. The molecule has 0 bridgehead atoms. The summed E-state index contributed by atoms with van der Waals surface area (Å²) in [7, 11) is 0. The minimum atomic E-state index is -0.980. The zero-order valence-electron chi connectivity index (χ0n) is 13.8. The highest BCUT2D eigenvalue weighted by atomic mass is 16.4. The van der Waals surface area contributed by atoms with Gasteiger partial charge in [0.1, 0.15) is 5.82 Å². The van der Waals surface area contributed by atoms with Crippen LogP contribution >= 0.6 is 0 Å². The molecular weight excluding hydrogens is 330 g/mol. The Balaban J connectivity index is 1.91. The summed E-state index contributed by atoms with van der Waals surface area (Å²) in [4.78, 5) is 33.7. The molecule has 0 unspecified atom stereocenters. The zero-order valence-corrected chi connectivity index (χ0v) is 13.8. The molecule has 128 valence electrons. The number of H-pyrrole nitrogens is 1. The molecule has 2 aromatic carbocycles. The molecule has 26 heavy (non-hydrogen) atoms. The van der Waals surface area contributed by atoms with Gasteiger partial charge in [0, 0.05) is 6.42 Å². The van der Waals surface area contributed by atoms with Crippen LogP contribution in [0.4, 0.5) is 5.69 Å². The average Bonchev–Trinajstić information content (AvgIpc) is 2.67. The van der Waals surface area contributed by atoms with E-state index in [4.69, 9.17) is 11.7 Å². The van der Waals surface area contributed by atoms with Crippen molar-refractivity contribution in [2.24, 2.45) is 0 Å². The Hall–Kier alpha value is -3.72. The topological polar surface area (TPSA) is 87.4 Å². The van der Waals surface area contributed by atoms with Gasteiger partial charge in [0.05, 0.1) is 17.8 Å². The molecule has 0 spiro atoms. The number of nitrogens with zero attached hydrogens (tertiary/aromatic N) is 2. The van der Waals surface area contributed by atoms with Crippen molar-refractivity contribution in [1.82, 2.24) is 9.97 Å². The number of carboxylic acid groups (broad SMARTS) is 1. The summed E-state index contributed by atoms with van der Waals surface area (Å²) >= 11 is 0. The van der Waals surface area contributed by atoms with Crippen LogP contribution in [0, 0.1) is 6.57 Å². The standard InChI is InChI=1S/C20H15N3O3/c1-21-18-17(14-7-3-2-4-8-14)22-16(23-19(18)24)11-10-13-6-5-9-15(12-13)20(25)26/h2-9,12H,10-11H2,(H,25,26)(H,22,23,24). The first-order valence-corrected chi connectivity index (χ1v) is 7.97. The summed E-state index contributed by atoms with van der Waals surface area (Å²) in [6.07, 6.45) is 0.950. The molecule has 0 aliphatic heterocycles. The van der Waals surface area contributed by atoms with Gasteiger partial charge >= 0.3 is 5.97 Å². The SMILES string of the molecule is [C-]#[N+]c1c(-c2ccccc2)nc(CCc2cccc(C(=O)O)c2)[nH]c1=O. The van der Waals surface area contributed by atoms with E-state index in [-0.39, 0.29) is 11.3 Å². The minimum absolute atomic E-state index is 0.0344. The minimum Gasteiger partial charge on any atom is -0.478 e. The lowest BCUT2D eigenvalue weighted by molar-refractivity contribution is 0.0696. The van der Waals surface area contributed by atoms with Gasteiger partial charge in [-0.1, -0.05) is 42.5 Å². The van der Waals surface area contributed by atoms with Crippen LogP contribution < -0.4 is 5.56 Å². The molecule has 2 N–H and O–H groups in total. The third-order valence-electron chi connectivity index (χ3n) is 3.93. The number of aromatic carboxylic acids is 1. The third kappa shape index (κ3) is 3.68. The molecule has 0 aliphatic rings. The number of aromatic nitrogens is 2. The predicted octanol–water partition coefficient (Wildman–Crippen LogP) is 3.47. The Morgan fingerprint density at radius 3 is 2.58 bits per heavy atom. The monoisotopic (exact) mass is 345 g/mol. The van der Waals surface area contributed by atoms with E-state index in [1.54, 1.807) is 24.3 Å². The first-order chi connectivity index (χ1) is 12.6. The maximum absolute atomic E-state index is 12.2. The van der Waals surface area contributed by atoms with E-state index in [0.717, 1.165) is 5.56 Å². The van der Waals surface area contributed by atoms with Gasteiger partial charge in [0.15, 0.2) is 0 Å². The number of rotatable bonds is 5. The van der Waals surface area contributed by atoms with E-state index in [1.165, 1.54) is 6.07 Å². The van der Waals surface area contributed by atoms with E-state index < -0.39 is 11.5 Å². The van der Waals surface area contributed by atoms with Crippen LogP contribution in [0.25, 0.3) is 16.1 Å². The highest BCUT2D eigenvalue weighted by Gasteiger charge is 2.13. The van der Waals surface area contributed by atoms with Crippen LogP contribution in [0.2, 0.25) is 0 Å². The molecule has 3 rings (SSSR count). The molecular formula is C20H15N3O3. The van der Waals surface area contributed by atoms with E-state index in [1.807, 2.05) is 24.3 Å². The second kappa shape index (κ2) is 7.45. The largest absolute Gasteiger partial charge is 0.478 e. The van der Waals surface area contributed by atoms with Gasteiger partial charge in [0.25, 0.3) is 11.2 Å². The highest BCUT2D eigenvalue weighted by Crippen LogP contribution is 2.24. The molecule has 6 nitrogen and oxygen atoms in total. The van der Waals surface area contributed by atoms with Crippen molar-refractivity contribution >= 4 is 11.7 Å². The van der Waals surface area contributed by atoms with Gasteiger partial charge in [0.2, 0.25) is 0 Å². The Kier molecular flexibility index (Phi) is 4.90. The smallest absolute Gasteiger partial charge is 0.335 e. The van der Waals surface area contributed by atoms with Crippen molar-refractivity contribution in [1.29, 1.82) is 0 Å². The van der Waals surface area contributed by atoms with Crippen molar-refractivity contribution in [3.05, 3.63) is 93.3 Å². The first kappa shape index (κ1) is 17.1. The normalized spacial score (nSPS) is 10.3. The van der Waals surface area contributed by atoms with E-state index in [2.05, 4.69) is 14.8 Å². The van der Waals surface area contributed by atoms with Crippen molar-refractivity contribution in [2.45, 2.75) is 12.8 Å². The fraction of sp³-hybridized carbons (Fsp3) is 0.100. The number of carboxylic acids is 1. The van der Waals surface area contributed by atoms with Gasteiger partial charge < -0.3 is 10.1 Å². The molecule has 1 aromatic heterocycles. The van der Waals surface area contributed by atoms with Crippen LogP contribution in [0.5, 0.6) is 0 Å². The molecule has 0 fully saturated rings.